The number of hydrogen-bond acceptors (Lipinski definition) is 8. The highest BCUT2D eigenvalue weighted by atomic mass is 31.2. The molecular weight excluding hydrogens is 590 g/mol. The van der Waals surface area contributed by atoms with Crippen LogP contribution in [0.2, 0.25) is 0 Å². The van der Waals surface area contributed by atoms with Crippen molar-refractivity contribution in [2.45, 2.75) is 0 Å². The van der Waals surface area contributed by atoms with Gasteiger partial charge in [0.1, 0.15) is 5.75 Å². The normalized spacial score (nSPS) is 11.2. The second-order valence-electron chi connectivity index (χ2n) is 8.31. The number of aromatic hydroxyl groups is 1. The van der Waals surface area contributed by atoms with Gasteiger partial charge in [-0.05, 0) is 42.5 Å². The molecule has 222 valence electrons. The first-order chi connectivity index (χ1) is 20.0. The van der Waals surface area contributed by atoms with Crippen LogP contribution in [0.25, 0.3) is 11.1 Å². The SMILES string of the molecule is COc1cccc(OC)c1OP(=O)(Oc1c(OC)cccc1OC)c1ccc(O)c(-c2c(F)c(F)c(F)c(F)c2F)c1. The molecule has 0 amide bonds. The number of para-hydroxylation sites is 2. The predicted molar refractivity (Wildman–Crippen MR) is 141 cm³/mol. The van der Waals surface area contributed by atoms with E-state index in [-0.39, 0.29) is 34.5 Å². The molecule has 4 rings (SSSR count). The zero-order valence-electron chi connectivity index (χ0n) is 22.3. The number of benzene rings is 4. The van der Waals surface area contributed by atoms with Crippen molar-refractivity contribution in [2.75, 3.05) is 28.4 Å². The summed E-state index contributed by atoms with van der Waals surface area (Å²) in [5.74, 6) is -12.6. The molecule has 4 aromatic carbocycles. The van der Waals surface area contributed by atoms with Gasteiger partial charge in [-0.2, -0.15) is 0 Å². The largest absolute Gasteiger partial charge is 0.507 e. The highest BCUT2D eigenvalue weighted by Crippen LogP contribution is 2.56. The lowest BCUT2D eigenvalue weighted by atomic mass is 10.0. The summed E-state index contributed by atoms with van der Waals surface area (Å²) in [7, 11) is 0.316. The summed E-state index contributed by atoms with van der Waals surface area (Å²) in [5, 5.41) is 9.95. The second-order valence-corrected chi connectivity index (χ2v) is 10.2. The van der Waals surface area contributed by atoms with Gasteiger partial charge in [-0.25, -0.2) is 26.5 Å². The minimum atomic E-state index is -4.84. The van der Waals surface area contributed by atoms with E-state index in [9.17, 15) is 31.6 Å². The smallest absolute Gasteiger partial charge is 0.463 e. The van der Waals surface area contributed by atoms with E-state index in [0.29, 0.717) is 6.07 Å². The molecule has 0 spiro atoms. The van der Waals surface area contributed by atoms with Crippen molar-refractivity contribution in [3.05, 3.63) is 83.7 Å². The quantitative estimate of drug-likeness (QED) is 0.0909. The molecule has 0 aliphatic rings. The van der Waals surface area contributed by atoms with Crippen LogP contribution in [0, 0.1) is 29.1 Å². The van der Waals surface area contributed by atoms with Crippen molar-refractivity contribution in [3.8, 4) is 51.4 Å². The topological polar surface area (TPSA) is 92.7 Å². The van der Waals surface area contributed by atoms with E-state index in [1.165, 1.54) is 52.7 Å². The van der Waals surface area contributed by atoms with Gasteiger partial charge in [-0.15, -0.1) is 0 Å². The van der Waals surface area contributed by atoms with Crippen molar-refractivity contribution in [2.24, 2.45) is 0 Å². The summed E-state index contributed by atoms with van der Waals surface area (Å²) in [4.78, 5) is 0. The molecule has 0 radical (unpaired) electrons. The summed E-state index contributed by atoms with van der Waals surface area (Å²) in [6.45, 7) is 0. The fourth-order valence-corrected chi connectivity index (χ4v) is 5.55. The molecule has 0 saturated carbocycles. The first-order valence-corrected chi connectivity index (χ1v) is 13.3. The summed E-state index contributed by atoms with van der Waals surface area (Å²) < 4.78 is 119. The van der Waals surface area contributed by atoms with Crippen LogP contribution in [0.5, 0.6) is 40.2 Å². The Morgan fingerprint density at radius 2 is 0.976 bits per heavy atom. The Morgan fingerprint density at radius 3 is 1.36 bits per heavy atom. The number of phenols is 1. The first kappa shape index (κ1) is 30.3. The fraction of sp³-hybridized carbons (Fsp3) is 0.143. The van der Waals surface area contributed by atoms with Gasteiger partial charge >= 0.3 is 7.60 Å². The van der Waals surface area contributed by atoms with Crippen LogP contribution in [-0.4, -0.2) is 33.5 Å². The van der Waals surface area contributed by atoms with Gasteiger partial charge in [0.25, 0.3) is 0 Å². The molecule has 8 nitrogen and oxygen atoms in total. The molecule has 0 aromatic heterocycles. The minimum absolute atomic E-state index is 0.0314. The van der Waals surface area contributed by atoms with Crippen molar-refractivity contribution >= 4 is 12.9 Å². The van der Waals surface area contributed by atoms with E-state index >= 15 is 0 Å². The van der Waals surface area contributed by atoms with Crippen molar-refractivity contribution in [1.82, 2.24) is 0 Å². The number of hydrogen-bond donors (Lipinski definition) is 1. The Kier molecular flexibility index (Phi) is 8.72. The monoisotopic (exact) mass is 612 g/mol. The van der Waals surface area contributed by atoms with Crippen LogP contribution in [0.1, 0.15) is 0 Å². The molecule has 14 heteroatoms. The Hall–Kier alpha value is -4.64. The summed E-state index contributed by atoms with van der Waals surface area (Å²) >= 11 is 0. The zero-order chi connectivity index (χ0) is 30.8. The van der Waals surface area contributed by atoms with Gasteiger partial charge in [-0.3, -0.25) is 0 Å². The van der Waals surface area contributed by atoms with Crippen LogP contribution in [0.15, 0.2) is 54.6 Å². The van der Waals surface area contributed by atoms with Gasteiger partial charge < -0.3 is 33.1 Å². The van der Waals surface area contributed by atoms with E-state index in [4.69, 9.17) is 28.0 Å². The molecule has 1 N–H and O–H groups in total. The van der Waals surface area contributed by atoms with E-state index in [1.54, 1.807) is 12.1 Å². The van der Waals surface area contributed by atoms with Gasteiger partial charge in [-0.1, -0.05) is 12.1 Å². The van der Waals surface area contributed by atoms with Gasteiger partial charge in [0, 0.05) is 5.56 Å². The predicted octanol–water partition coefficient (Wildman–Crippen LogP) is 6.77. The molecule has 42 heavy (non-hydrogen) atoms. The molecule has 0 aliphatic carbocycles. The Labute approximate surface area is 236 Å². The number of phenolic OH excluding ortho intramolecular Hbond substituents is 1. The fourth-order valence-electron chi connectivity index (χ4n) is 3.91. The van der Waals surface area contributed by atoms with Crippen LogP contribution in [-0.2, 0) is 4.57 Å². The number of methoxy groups -OCH3 is 4. The highest BCUT2D eigenvalue weighted by Gasteiger charge is 2.38. The van der Waals surface area contributed by atoms with Crippen molar-refractivity contribution in [3.63, 3.8) is 0 Å². The number of ether oxygens (including phenoxy) is 4. The van der Waals surface area contributed by atoms with Gasteiger partial charge in [0.15, 0.2) is 46.3 Å². The van der Waals surface area contributed by atoms with Crippen molar-refractivity contribution < 1.29 is 59.6 Å². The zero-order valence-corrected chi connectivity index (χ0v) is 23.2. The molecular formula is C28H22F5O8P. The standard InChI is InChI=1S/C28H22F5O8P/c1-36-17-7-5-8-18(37-2)27(17)40-42(35,41-28-19(38-3)9-6-10-20(28)39-4)14-11-12-16(34)15(13-14)21-22(29)24(31)26(33)25(32)23(21)30/h5-13,34H,1-4H3. The van der Waals surface area contributed by atoms with E-state index in [0.717, 1.165) is 12.1 Å². The average Bonchev–Trinajstić information content (AvgIpc) is 3.00. The average molecular weight is 612 g/mol. The summed E-state index contributed by atoms with van der Waals surface area (Å²) in [6.07, 6.45) is 0. The van der Waals surface area contributed by atoms with Crippen LogP contribution >= 0.6 is 7.60 Å². The first-order valence-electron chi connectivity index (χ1n) is 11.8. The maximum Gasteiger partial charge on any atom is 0.463 e. The van der Waals surface area contributed by atoms with Gasteiger partial charge in [0.2, 0.25) is 17.3 Å². The van der Waals surface area contributed by atoms with Crippen LogP contribution in [0.3, 0.4) is 0 Å². The molecule has 0 saturated heterocycles. The Morgan fingerprint density at radius 1 is 0.595 bits per heavy atom. The highest BCUT2D eigenvalue weighted by molar-refractivity contribution is 7.63. The molecule has 0 heterocycles. The molecule has 0 atom stereocenters. The Balaban J connectivity index is 2.01. The molecule has 0 aliphatic heterocycles. The van der Waals surface area contributed by atoms with E-state index in [1.807, 2.05) is 0 Å². The van der Waals surface area contributed by atoms with Crippen molar-refractivity contribution in [1.29, 1.82) is 0 Å². The van der Waals surface area contributed by atoms with Gasteiger partial charge in [0.05, 0.1) is 39.3 Å². The maximum atomic E-state index is 14.8. The summed E-state index contributed by atoms with van der Waals surface area (Å²) in [6, 6.07) is 11.4. The second kappa shape index (κ2) is 12.1. The number of rotatable bonds is 10. The lowest BCUT2D eigenvalue weighted by Gasteiger charge is -2.24. The Bertz CT molecular complexity index is 1560. The molecule has 0 bridgehead atoms. The minimum Gasteiger partial charge on any atom is -0.507 e. The third kappa shape index (κ3) is 5.35. The summed E-state index contributed by atoms with van der Waals surface area (Å²) in [5.41, 5.74) is -2.37. The third-order valence-electron chi connectivity index (χ3n) is 5.96. The van der Waals surface area contributed by atoms with Crippen LogP contribution in [0.4, 0.5) is 22.0 Å². The maximum absolute atomic E-state index is 14.8. The molecule has 0 unspecified atom stereocenters. The lowest BCUT2D eigenvalue weighted by Crippen LogP contribution is -2.17. The lowest BCUT2D eigenvalue weighted by molar-refractivity contribution is 0.325. The molecule has 4 aromatic rings. The third-order valence-corrected chi connectivity index (χ3v) is 7.72. The number of halogens is 5. The van der Waals surface area contributed by atoms with E-state index in [2.05, 4.69) is 0 Å². The van der Waals surface area contributed by atoms with Crippen LogP contribution < -0.4 is 33.3 Å². The van der Waals surface area contributed by atoms with E-state index < -0.39 is 58.9 Å². The molecule has 0 fully saturated rings.